The molecule has 0 bridgehead atoms. The van der Waals surface area contributed by atoms with E-state index in [1.54, 1.807) is 32.9 Å². The third-order valence-electron chi connectivity index (χ3n) is 4.36. The van der Waals surface area contributed by atoms with Gasteiger partial charge in [-0.15, -0.1) is 0 Å². The molecule has 2 amide bonds. The number of carbonyl (C=O) groups is 3. The number of carboxylic acid groups (broad SMARTS) is 1. The second-order valence-corrected chi connectivity index (χ2v) is 7.92. The number of carbonyl (C=O) groups excluding carboxylic acids is 2. The molecule has 0 aliphatic carbocycles. The van der Waals surface area contributed by atoms with Gasteiger partial charge in [-0.05, 0) is 32.9 Å². The molecule has 2 aromatic carbocycles. The third kappa shape index (κ3) is 5.08. The molecular formula is C22H24N2O6. The number of fused-ring (bicyclic) bond motifs is 2. The summed E-state index contributed by atoms with van der Waals surface area (Å²) < 4.78 is 11.0. The Morgan fingerprint density at radius 2 is 1.57 bits per heavy atom. The van der Waals surface area contributed by atoms with Crippen LogP contribution in [0.25, 0.3) is 0 Å². The van der Waals surface area contributed by atoms with Gasteiger partial charge in [0, 0.05) is 11.1 Å². The zero-order chi connectivity index (χ0) is 21.9. The number of amides is 2. The lowest BCUT2D eigenvalue weighted by Gasteiger charge is -2.29. The molecule has 1 aliphatic heterocycles. The van der Waals surface area contributed by atoms with E-state index in [2.05, 4.69) is 10.6 Å². The molecule has 1 unspecified atom stereocenters. The van der Waals surface area contributed by atoms with Gasteiger partial charge < -0.3 is 25.2 Å². The van der Waals surface area contributed by atoms with Gasteiger partial charge in [-0.3, -0.25) is 4.79 Å². The second kappa shape index (κ2) is 8.44. The normalized spacial score (nSPS) is 13.8. The van der Waals surface area contributed by atoms with E-state index in [1.165, 1.54) is 0 Å². The molecule has 30 heavy (non-hydrogen) atoms. The van der Waals surface area contributed by atoms with Crippen LogP contribution >= 0.6 is 0 Å². The fourth-order valence-corrected chi connectivity index (χ4v) is 3.12. The highest BCUT2D eigenvalue weighted by Gasteiger charge is 2.31. The average Bonchev–Trinajstić information content (AvgIpc) is 2.65. The van der Waals surface area contributed by atoms with Crippen molar-refractivity contribution in [1.82, 2.24) is 10.6 Å². The SMILES string of the molecule is CC(C)(C)OC(=O)NC(CC(=O)NC1c2ccccc2Oc2ccccc21)C(=O)O. The van der Waals surface area contributed by atoms with Crippen LogP contribution in [0.1, 0.15) is 44.4 Å². The van der Waals surface area contributed by atoms with E-state index >= 15 is 0 Å². The molecule has 2 aromatic rings. The standard InChI is InChI=1S/C22H24N2O6/c1-22(2,3)30-21(28)23-15(20(26)27)12-18(25)24-19-13-8-4-6-10-16(13)29-17-11-7-5-9-14(17)19/h4-11,15,19H,12H2,1-3H3,(H,23,28)(H,24,25)(H,26,27). The predicted molar refractivity (Wildman–Crippen MR) is 108 cm³/mol. The molecular weight excluding hydrogens is 388 g/mol. The van der Waals surface area contributed by atoms with Crippen molar-refractivity contribution >= 4 is 18.0 Å². The number of carboxylic acids is 1. The summed E-state index contributed by atoms with van der Waals surface area (Å²) in [4.78, 5) is 36.2. The maximum absolute atomic E-state index is 12.7. The van der Waals surface area contributed by atoms with Gasteiger partial charge >= 0.3 is 12.1 Å². The van der Waals surface area contributed by atoms with Crippen molar-refractivity contribution in [2.75, 3.05) is 0 Å². The topological polar surface area (TPSA) is 114 Å². The Morgan fingerprint density at radius 1 is 1.03 bits per heavy atom. The fraction of sp³-hybridized carbons (Fsp3) is 0.318. The van der Waals surface area contributed by atoms with Gasteiger partial charge in [0.1, 0.15) is 23.1 Å². The van der Waals surface area contributed by atoms with Gasteiger partial charge in [0.2, 0.25) is 5.91 Å². The van der Waals surface area contributed by atoms with Gasteiger partial charge in [0.05, 0.1) is 12.5 Å². The van der Waals surface area contributed by atoms with E-state index in [9.17, 15) is 19.5 Å². The summed E-state index contributed by atoms with van der Waals surface area (Å²) >= 11 is 0. The highest BCUT2D eigenvalue weighted by molar-refractivity contribution is 5.87. The maximum atomic E-state index is 12.7. The van der Waals surface area contributed by atoms with Crippen LogP contribution < -0.4 is 15.4 Å². The van der Waals surface area contributed by atoms with Crippen LogP contribution in [-0.2, 0) is 14.3 Å². The zero-order valence-corrected chi connectivity index (χ0v) is 17.0. The quantitative estimate of drug-likeness (QED) is 0.694. The monoisotopic (exact) mass is 412 g/mol. The Balaban J connectivity index is 1.75. The first-order chi connectivity index (χ1) is 14.1. The number of hydrogen-bond acceptors (Lipinski definition) is 5. The molecule has 158 valence electrons. The molecule has 0 fully saturated rings. The number of benzene rings is 2. The van der Waals surface area contributed by atoms with Crippen LogP contribution in [0.3, 0.4) is 0 Å². The summed E-state index contributed by atoms with van der Waals surface area (Å²) in [6, 6.07) is 12.7. The van der Waals surface area contributed by atoms with Crippen molar-refractivity contribution in [1.29, 1.82) is 0 Å². The molecule has 1 aliphatic rings. The molecule has 0 radical (unpaired) electrons. The minimum absolute atomic E-state index is 0.448. The summed E-state index contributed by atoms with van der Waals surface area (Å²) in [5, 5.41) is 14.5. The van der Waals surface area contributed by atoms with E-state index in [-0.39, 0.29) is 0 Å². The number of nitrogens with one attached hydrogen (secondary N) is 2. The molecule has 0 aromatic heterocycles. The van der Waals surface area contributed by atoms with Crippen molar-refractivity contribution in [3.63, 3.8) is 0 Å². The van der Waals surface area contributed by atoms with Crippen LogP contribution in [0.4, 0.5) is 4.79 Å². The van der Waals surface area contributed by atoms with Crippen molar-refractivity contribution in [2.45, 2.75) is 44.9 Å². The van der Waals surface area contributed by atoms with E-state index < -0.39 is 42.1 Å². The van der Waals surface area contributed by atoms with E-state index in [4.69, 9.17) is 9.47 Å². The van der Waals surface area contributed by atoms with Gasteiger partial charge in [0.15, 0.2) is 0 Å². The van der Waals surface area contributed by atoms with Crippen molar-refractivity contribution in [3.8, 4) is 11.5 Å². The Kier molecular flexibility index (Phi) is 5.96. The number of aliphatic carboxylic acids is 1. The van der Waals surface area contributed by atoms with Crippen LogP contribution in [-0.4, -0.2) is 34.7 Å². The predicted octanol–water partition coefficient (Wildman–Crippen LogP) is 3.37. The van der Waals surface area contributed by atoms with E-state index in [0.29, 0.717) is 11.5 Å². The first-order valence-corrected chi connectivity index (χ1v) is 9.51. The van der Waals surface area contributed by atoms with Crippen molar-refractivity contribution in [3.05, 3.63) is 59.7 Å². The summed E-state index contributed by atoms with van der Waals surface area (Å²) in [5.41, 5.74) is 0.735. The van der Waals surface area contributed by atoms with Gasteiger partial charge in [-0.1, -0.05) is 36.4 Å². The minimum atomic E-state index is -1.43. The first kappa shape index (κ1) is 21.2. The molecule has 8 nitrogen and oxygen atoms in total. The summed E-state index contributed by atoms with van der Waals surface area (Å²) in [7, 11) is 0. The lowest BCUT2D eigenvalue weighted by molar-refractivity contribution is -0.141. The Labute approximate surface area is 174 Å². The van der Waals surface area contributed by atoms with Crippen LogP contribution in [0.15, 0.2) is 48.5 Å². The number of para-hydroxylation sites is 2. The number of ether oxygens (including phenoxy) is 2. The molecule has 1 atom stereocenters. The molecule has 0 saturated carbocycles. The highest BCUT2D eigenvalue weighted by Crippen LogP contribution is 2.42. The van der Waals surface area contributed by atoms with Gasteiger partial charge in [-0.25, -0.2) is 9.59 Å². The number of hydrogen-bond donors (Lipinski definition) is 3. The molecule has 0 spiro atoms. The Hall–Kier alpha value is -3.55. The summed E-state index contributed by atoms with van der Waals surface area (Å²) in [6.45, 7) is 4.99. The zero-order valence-electron chi connectivity index (χ0n) is 17.0. The number of rotatable bonds is 5. The molecule has 0 saturated heterocycles. The van der Waals surface area contributed by atoms with Crippen molar-refractivity contribution in [2.24, 2.45) is 0 Å². The first-order valence-electron chi connectivity index (χ1n) is 9.51. The van der Waals surface area contributed by atoms with Crippen LogP contribution in [0, 0.1) is 0 Å². The highest BCUT2D eigenvalue weighted by atomic mass is 16.6. The molecule has 1 heterocycles. The summed E-state index contributed by atoms with van der Waals surface area (Å²) in [5.74, 6) is -0.634. The minimum Gasteiger partial charge on any atom is -0.480 e. The fourth-order valence-electron chi connectivity index (χ4n) is 3.12. The van der Waals surface area contributed by atoms with E-state index in [1.807, 2.05) is 36.4 Å². The van der Waals surface area contributed by atoms with Crippen LogP contribution in [0.5, 0.6) is 11.5 Å². The molecule has 3 rings (SSSR count). The van der Waals surface area contributed by atoms with E-state index in [0.717, 1.165) is 11.1 Å². The van der Waals surface area contributed by atoms with Crippen LogP contribution in [0.2, 0.25) is 0 Å². The Bertz CT molecular complexity index is 921. The smallest absolute Gasteiger partial charge is 0.408 e. The molecule has 8 heteroatoms. The van der Waals surface area contributed by atoms with Gasteiger partial charge in [0.25, 0.3) is 0 Å². The average molecular weight is 412 g/mol. The lowest BCUT2D eigenvalue weighted by atomic mass is 9.94. The number of alkyl carbamates (subject to hydrolysis) is 1. The second-order valence-electron chi connectivity index (χ2n) is 7.92. The van der Waals surface area contributed by atoms with Gasteiger partial charge in [-0.2, -0.15) is 0 Å². The Morgan fingerprint density at radius 3 is 2.07 bits per heavy atom. The largest absolute Gasteiger partial charge is 0.480 e. The summed E-state index contributed by atoms with van der Waals surface area (Å²) in [6.07, 6.45) is -1.35. The molecule has 3 N–H and O–H groups in total. The van der Waals surface area contributed by atoms with Crippen molar-refractivity contribution < 1.29 is 29.0 Å². The third-order valence-corrected chi connectivity index (χ3v) is 4.36. The maximum Gasteiger partial charge on any atom is 0.408 e. The lowest BCUT2D eigenvalue weighted by Crippen LogP contribution is -2.46.